The maximum Gasteiger partial charge on any atom is 0.330 e. The lowest BCUT2D eigenvalue weighted by molar-refractivity contribution is -0.133. The largest absolute Gasteiger partial charge is 0.478 e. The Labute approximate surface area is 99.5 Å². The molecule has 0 saturated heterocycles. The summed E-state index contributed by atoms with van der Waals surface area (Å²) in [6.45, 7) is 4.60. The van der Waals surface area contributed by atoms with Crippen LogP contribution in [-0.4, -0.2) is 22.2 Å². The van der Waals surface area contributed by atoms with E-state index in [-0.39, 0.29) is 5.57 Å². The highest BCUT2D eigenvalue weighted by molar-refractivity contribution is 5.85. The fourth-order valence-electron chi connectivity index (χ4n) is 0.732. The van der Waals surface area contributed by atoms with Crippen molar-refractivity contribution in [1.82, 2.24) is 0 Å². The van der Waals surface area contributed by atoms with Gasteiger partial charge in [-0.05, 0) is 18.6 Å². The van der Waals surface area contributed by atoms with Crippen molar-refractivity contribution in [2.24, 2.45) is 0 Å². The van der Waals surface area contributed by atoms with Crippen LogP contribution in [0.3, 0.4) is 0 Å². The summed E-state index contributed by atoms with van der Waals surface area (Å²) in [6.07, 6.45) is 2.68. The predicted octanol–water partition coefficient (Wildman–Crippen LogP) is 2.43. The van der Waals surface area contributed by atoms with Gasteiger partial charge in [0.2, 0.25) is 0 Å². The van der Waals surface area contributed by atoms with Crippen LogP contribution in [0, 0.1) is 0 Å². The van der Waals surface area contributed by atoms with E-state index in [2.05, 4.69) is 6.58 Å². The van der Waals surface area contributed by atoms with Crippen molar-refractivity contribution in [3.63, 3.8) is 0 Å². The number of benzene rings is 1. The first-order valence-corrected chi connectivity index (χ1v) is 4.78. The number of hydrogen-bond donors (Lipinski definition) is 2. The van der Waals surface area contributed by atoms with E-state index < -0.39 is 11.9 Å². The molecule has 0 aliphatic carbocycles. The van der Waals surface area contributed by atoms with E-state index in [4.69, 9.17) is 10.2 Å². The van der Waals surface area contributed by atoms with E-state index in [1.807, 2.05) is 30.3 Å². The summed E-state index contributed by atoms with van der Waals surface area (Å²) in [5, 5.41) is 16.2. The van der Waals surface area contributed by atoms with Gasteiger partial charge in [-0.25, -0.2) is 9.59 Å². The lowest BCUT2D eigenvalue weighted by Crippen LogP contribution is -1.92. The summed E-state index contributed by atoms with van der Waals surface area (Å²) in [5.74, 6) is -1.86. The highest BCUT2D eigenvalue weighted by Crippen LogP contribution is 1.99. The second-order valence-electron chi connectivity index (χ2n) is 3.17. The zero-order chi connectivity index (χ0) is 13.3. The first-order chi connectivity index (χ1) is 7.93. The standard InChI is InChI=1S/C9H8O2.C4H6O2/c10-9(11)7-6-8-4-2-1-3-5-8;1-3(2)4(5)6/h1-7H,(H,10,11);1H2,2H3,(H,5,6). The molecular formula is C13H14O4. The van der Waals surface area contributed by atoms with Crippen molar-refractivity contribution in [2.75, 3.05) is 0 Å². The van der Waals surface area contributed by atoms with E-state index in [1.165, 1.54) is 6.92 Å². The smallest absolute Gasteiger partial charge is 0.330 e. The molecular weight excluding hydrogens is 220 g/mol. The highest BCUT2D eigenvalue weighted by atomic mass is 16.4. The average molecular weight is 234 g/mol. The molecule has 0 heterocycles. The Balaban J connectivity index is 0.000000366. The topological polar surface area (TPSA) is 74.6 Å². The average Bonchev–Trinajstić information content (AvgIpc) is 2.28. The third kappa shape index (κ3) is 8.62. The molecule has 0 amide bonds. The molecule has 1 aromatic carbocycles. The summed E-state index contributed by atoms with van der Waals surface area (Å²) < 4.78 is 0. The molecule has 1 aromatic rings. The zero-order valence-electron chi connectivity index (χ0n) is 9.46. The van der Waals surface area contributed by atoms with Gasteiger partial charge in [0.05, 0.1) is 0 Å². The van der Waals surface area contributed by atoms with Gasteiger partial charge in [-0.15, -0.1) is 0 Å². The van der Waals surface area contributed by atoms with E-state index >= 15 is 0 Å². The molecule has 4 heteroatoms. The summed E-state index contributed by atoms with van der Waals surface area (Å²) in [4.78, 5) is 19.7. The number of carboxylic acids is 2. The van der Waals surface area contributed by atoms with Crippen LogP contribution in [0.5, 0.6) is 0 Å². The SMILES string of the molecule is C=C(C)C(=O)O.O=C(O)C=Cc1ccccc1. The molecule has 0 aliphatic rings. The van der Waals surface area contributed by atoms with Crippen LogP contribution in [0.1, 0.15) is 12.5 Å². The van der Waals surface area contributed by atoms with E-state index in [0.717, 1.165) is 11.6 Å². The molecule has 1 rings (SSSR count). The van der Waals surface area contributed by atoms with Gasteiger partial charge < -0.3 is 10.2 Å². The van der Waals surface area contributed by atoms with E-state index in [0.29, 0.717) is 0 Å². The number of aliphatic carboxylic acids is 2. The Morgan fingerprint density at radius 1 is 1.18 bits per heavy atom. The number of rotatable bonds is 3. The van der Waals surface area contributed by atoms with Crippen molar-refractivity contribution in [2.45, 2.75) is 6.92 Å². The monoisotopic (exact) mass is 234 g/mol. The van der Waals surface area contributed by atoms with Gasteiger partial charge >= 0.3 is 11.9 Å². The van der Waals surface area contributed by atoms with Crippen LogP contribution in [0.2, 0.25) is 0 Å². The Morgan fingerprint density at radius 2 is 1.65 bits per heavy atom. The minimum absolute atomic E-state index is 0.176. The molecule has 0 fully saturated rings. The molecule has 4 nitrogen and oxygen atoms in total. The van der Waals surface area contributed by atoms with Crippen molar-refractivity contribution in [3.05, 3.63) is 54.1 Å². The van der Waals surface area contributed by atoms with Gasteiger partial charge in [0.1, 0.15) is 0 Å². The van der Waals surface area contributed by atoms with Crippen LogP contribution in [0.15, 0.2) is 48.6 Å². The second-order valence-corrected chi connectivity index (χ2v) is 3.17. The summed E-state index contributed by atoms with van der Waals surface area (Å²) in [6, 6.07) is 9.31. The van der Waals surface area contributed by atoms with Gasteiger partial charge in [-0.1, -0.05) is 36.9 Å². The number of hydrogen-bond acceptors (Lipinski definition) is 2. The Morgan fingerprint density at radius 3 is 2.00 bits per heavy atom. The fourth-order valence-corrected chi connectivity index (χ4v) is 0.732. The predicted molar refractivity (Wildman–Crippen MR) is 65.6 cm³/mol. The summed E-state index contributed by atoms with van der Waals surface area (Å²) >= 11 is 0. The maximum atomic E-state index is 10.1. The van der Waals surface area contributed by atoms with Gasteiger partial charge in [-0.2, -0.15) is 0 Å². The van der Waals surface area contributed by atoms with Crippen molar-refractivity contribution in [3.8, 4) is 0 Å². The van der Waals surface area contributed by atoms with Crippen LogP contribution < -0.4 is 0 Å². The highest BCUT2D eigenvalue weighted by Gasteiger charge is 1.90. The molecule has 0 aromatic heterocycles. The fraction of sp³-hybridized carbons (Fsp3) is 0.0769. The molecule has 90 valence electrons. The van der Waals surface area contributed by atoms with Gasteiger partial charge in [0.25, 0.3) is 0 Å². The maximum absolute atomic E-state index is 10.1. The molecule has 17 heavy (non-hydrogen) atoms. The summed E-state index contributed by atoms with van der Waals surface area (Å²) in [7, 11) is 0. The molecule has 0 spiro atoms. The van der Waals surface area contributed by atoms with Crippen molar-refractivity contribution < 1.29 is 19.8 Å². The molecule has 2 N–H and O–H groups in total. The minimum Gasteiger partial charge on any atom is -0.478 e. The molecule has 0 aliphatic heterocycles. The van der Waals surface area contributed by atoms with E-state index in [9.17, 15) is 9.59 Å². The van der Waals surface area contributed by atoms with E-state index in [1.54, 1.807) is 6.08 Å². The van der Waals surface area contributed by atoms with Crippen molar-refractivity contribution >= 4 is 18.0 Å². The molecule has 0 bridgehead atoms. The van der Waals surface area contributed by atoms with Gasteiger partial charge in [-0.3, -0.25) is 0 Å². The van der Waals surface area contributed by atoms with Crippen LogP contribution in [0.25, 0.3) is 6.08 Å². The Kier molecular flexibility index (Phi) is 6.78. The summed E-state index contributed by atoms with van der Waals surface area (Å²) in [5.41, 5.74) is 1.07. The van der Waals surface area contributed by atoms with Gasteiger partial charge in [0.15, 0.2) is 0 Å². The first-order valence-electron chi connectivity index (χ1n) is 4.78. The van der Waals surface area contributed by atoms with Crippen LogP contribution >= 0.6 is 0 Å². The molecule has 0 radical (unpaired) electrons. The first kappa shape index (κ1) is 14.6. The third-order valence-electron chi connectivity index (χ3n) is 1.58. The normalized spacial score (nSPS) is 9.24. The number of carbonyl (C=O) groups is 2. The Hall–Kier alpha value is -2.36. The Bertz CT molecular complexity index is 406. The second kappa shape index (κ2) is 7.87. The lowest BCUT2D eigenvalue weighted by Gasteiger charge is -1.87. The van der Waals surface area contributed by atoms with Crippen LogP contribution in [-0.2, 0) is 9.59 Å². The lowest BCUT2D eigenvalue weighted by atomic mass is 10.2. The molecule has 0 unspecified atom stereocenters. The molecule has 0 saturated carbocycles. The van der Waals surface area contributed by atoms with Crippen LogP contribution in [0.4, 0.5) is 0 Å². The zero-order valence-corrected chi connectivity index (χ0v) is 9.46. The minimum atomic E-state index is -0.935. The third-order valence-corrected chi connectivity index (χ3v) is 1.58. The van der Waals surface area contributed by atoms with Gasteiger partial charge in [0, 0.05) is 11.6 Å². The number of carboxylic acid groups (broad SMARTS) is 2. The quantitative estimate of drug-likeness (QED) is 0.787. The molecule has 0 atom stereocenters. The van der Waals surface area contributed by atoms with Crippen molar-refractivity contribution in [1.29, 1.82) is 0 Å².